The zero-order chi connectivity index (χ0) is 15.4. The molecule has 0 aliphatic carbocycles. The quantitative estimate of drug-likeness (QED) is 0.920. The number of carbonyl (C=O) groups is 2. The molecule has 118 valence electrons. The van der Waals surface area contributed by atoms with Crippen LogP contribution in [0, 0.1) is 0 Å². The van der Waals surface area contributed by atoms with Gasteiger partial charge in [0.1, 0.15) is 0 Å². The molecule has 0 radical (unpaired) electrons. The first-order chi connectivity index (χ1) is 10.7. The van der Waals surface area contributed by atoms with Gasteiger partial charge in [-0.05, 0) is 31.4 Å². The van der Waals surface area contributed by atoms with Crippen LogP contribution < -0.4 is 5.32 Å². The molecule has 0 unspecified atom stereocenters. The van der Waals surface area contributed by atoms with Gasteiger partial charge in [0.15, 0.2) is 0 Å². The molecule has 1 atom stereocenters. The van der Waals surface area contributed by atoms with E-state index < -0.39 is 0 Å². The molecule has 2 heterocycles. The maximum Gasteiger partial charge on any atom is 0.324 e. The van der Waals surface area contributed by atoms with E-state index in [0.717, 1.165) is 25.8 Å². The van der Waals surface area contributed by atoms with Gasteiger partial charge in [0.2, 0.25) is 5.91 Å². The molecule has 0 saturated carbocycles. The number of urea groups is 1. The minimum Gasteiger partial charge on any atom is -0.336 e. The van der Waals surface area contributed by atoms with Gasteiger partial charge in [0.25, 0.3) is 0 Å². The first-order valence-electron chi connectivity index (χ1n) is 8.10. The van der Waals surface area contributed by atoms with Crippen LogP contribution in [0.4, 0.5) is 4.79 Å². The van der Waals surface area contributed by atoms with Crippen molar-refractivity contribution >= 4 is 11.9 Å². The number of hydrogen-bond donors (Lipinski definition) is 1. The molecule has 3 rings (SSSR count). The van der Waals surface area contributed by atoms with Gasteiger partial charge in [-0.2, -0.15) is 0 Å². The zero-order valence-corrected chi connectivity index (χ0v) is 12.8. The average Bonchev–Trinajstić information content (AvgIpc) is 2.96. The van der Waals surface area contributed by atoms with E-state index in [1.165, 1.54) is 16.9 Å². The van der Waals surface area contributed by atoms with Crippen molar-refractivity contribution < 1.29 is 9.59 Å². The predicted octanol–water partition coefficient (Wildman–Crippen LogP) is 1.64. The molecule has 1 N–H and O–H groups in total. The molecule has 2 fully saturated rings. The van der Waals surface area contributed by atoms with Gasteiger partial charge >= 0.3 is 6.03 Å². The number of piperidine rings is 1. The summed E-state index contributed by atoms with van der Waals surface area (Å²) in [6.45, 7) is 2.36. The fraction of sp³-hybridized carbons (Fsp3) is 0.529. The highest BCUT2D eigenvalue weighted by Crippen LogP contribution is 2.21. The molecule has 2 aliphatic heterocycles. The van der Waals surface area contributed by atoms with Crippen molar-refractivity contribution in [3.8, 4) is 0 Å². The number of amides is 3. The molecule has 0 aromatic heterocycles. The van der Waals surface area contributed by atoms with Crippen molar-refractivity contribution in [3.05, 3.63) is 35.9 Å². The molecule has 2 saturated heterocycles. The van der Waals surface area contributed by atoms with E-state index in [9.17, 15) is 9.59 Å². The topological polar surface area (TPSA) is 52.7 Å². The molecule has 2 aliphatic rings. The summed E-state index contributed by atoms with van der Waals surface area (Å²) >= 11 is 0. The van der Waals surface area contributed by atoms with Crippen molar-refractivity contribution in [2.24, 2.45) is 0 Å². The Morgan fingerprint density at radius 2 is 2.00 bits per heavy atom. The Kier molecular flexibility index (Phi) is 4.73. The van der Waals surface area contributed by atoms with Crippen molar-refractivity contribution in [2.45, 2.75) is 31.7 Å². The van der Waals surface area contributed by atoms with Crippen molar-refractivity contribution in [1.82, 2.24) is 15.1 Å². The van der Waals surface area contributed by atoms with Crippen LogP contribution in [-0.4, -0.2) is 54.0 Å². The van der Waals surface area contributed by atoms with E-state index in [1.54, 1.807) is 0 Å². The summed E-state index contributed by atoms with van der Waals surface area (Å²) in [4.78, 5) is 27.5. The summed E-state index contributed by atoms with van der Waals surface area (Å²) in [6, 6.07) is 10.6. The van der Waals surface area contributed by atoms with Gasteiger partial charge in [-0.3, -0.25) is 14.6 Å². The van der Waals surface area contributed by atoms with Gasteiger partial charge in [-0.15, -0.1) is 0 Å². The first-order valence-corrected chi connectivity index (χ1v) is 8.10. The molecular formula is C17H23N3O2. The molecule has 0 bridgehead atoms. The second-order valence-corrected chi connectivity index (χ2v) is 6.09. The summed E-state index contributed by atoms with van der Waals surface area (Å²) in [5, 5.41) is 2.69. The number of nitrogens with one attached hydrogen (secondary N) is 1. The van der Waals surface area contributed by atoms with Gasteiger partial charge < -0.3 is 5.32 Å². The minimum atomic E-state index is -0.249. The van der Waals surface area contributed by atoms with E-state index in [0.29, 0.717) is 25.7 Å². The molecule has 3 amide bonds. The maximum atomic E-state index is 12.3. The van der Waals surface area contributed by atoms with Gasteiger partial charge in [-0.25, -0.2) is 4.79 Å². The number of nitrogens with zero attached hydrogens (tertiary/aromatic N) is 2. The maximum absolute atomic E-state index is 12.3. The van der Waals surface area contributed by atoms with Crippen molar-refractivity contribution in [1.29, 1.82) is 0 Å². The second kappa shape index (κ2) is 6.92. The number of rotatable bonds is 4. The highest BCUT2D eigenvalue weighted by atomic mass is 16.2. The standard InChI is InChI=1S/C17H23N3O2/c21-16(20-11-9-18-17(20)22)13-19-10-5-4-8-15(19)12-14-6-2-1-3-7-14/h1-3,6-7,15H,4-5,8-13H2,(H,18,22)/t15-/m1/s1. The summed E-state index contributed by atoms with van der Waals surface area (Å²) in [5.74, 6) is -0.0741. The molecule has 22 heavy (non-hydrogen) atoms. The number of likely N-dealkylation sites (tertiary alicyclic amines) is 1. The fourth-order valence-corrected chi connectivity index (χ4v) is 3.35. The van der Waals surface area contributed by atoms with Crippen molar-refractivity contribution in [2.75, 3.05) is 26.2 Å². The SMILES string of the molecule is O=C(CN1CCCC[C@@H]1Cc1ccccc1)N1CCNC1=O. The summed E-state index contributed by atoms with van der Waals surface area (Å²) < 4.78 is 0. The van der Waals surface area contributed by atoms with Crippen LogP contribution in [-0.2, 0) is 11.2 Å². The number of imide groups is 1. The molecule has 1 aromatic carbocycles. The van der Waals surface area contributed by atoms with Crippen LogP contribution in [0.3, 0.4) is 0 Å². The molecule has 1 aromatic rings. The average molecular weight is 301 g/mol. The monoisotopic (exact) mass is 301 g/mol. The fourth-order valence-electron chi connectivity index (χ4n) is 3.35. The third-order valence-corrected chi connectivity index (χ3v) is 4.56. The lowest BCUT2D eigenvalue weighted by atomic mass is 9.95. The normalized spacial score (nSPS) is 22.6. The highest BCUT2D eigenvalue weighted by Gasteiger charge is 2.30. The molecule has 0 spiro atoms. The van der Waals surface area contributed by atoms with E-state index >= 15 is 0 Å². The van der Waals surface area contributed by atoms with Crippen molar-refractivity contribution in [3.63, 3.8) is 0 Å². The van der Waals surface area contributed by atoms with Crippen LogP contribution >= 0.6 is 0 Å². The Labute approximate surface area is 131 Å². The third-order valence-electron chi connectivity index (χ3n) is 4.56. The van der Waals surface area contributed by atoms with Crippen LogP contribution in [0.25, 0.3) is 0 Å². The lowest BCUT2D eigenvalue weighted by Crippen LogP contribution is -2.48. The lowest BCUT2D eigenvalue weighted by Gasteiger charge is -2.36. The highest BCUT2D eigenvalue weighted by molar-refractivity contribution is 5.96. The third kappa shape index (κ3) is 3.47. The number of hydrogen-bond acceptors (Lipinski definition) is 3. The Morgan fingerprint density at radius 3 is 2.73 bits per heavy atom. The van der Waals surface area contributed by atoms with E-state index in [-0.39, 0.29) is 11.9 Å². The van der Waals surface area contributed by atoms with E-state index in [4.69, 9.17) is 0 Å². The largest absolute Gasteiger partial charge is 0.336 e. The molecule has 5 nitrogen and oxygen atoms in total. The Morgan fingerprint density at radius 1 is 1.18 bits per heavy atom. The minimum absolute atomic E-state index is 0.0741. The summed E-state index contributed by atoms with van der Waals surface area (Å²) in [5.41, 5.74) is 1.31. The first kappa shape index (κ1) is 15.0. The van der Waals surface area contributed by atoms with Gasteiger partial charge in [0, 0.05) is 19.1 Å². The lowest BCUT2D eigenvalue weighted by molar-refractivity contribution is -0.129. The second-order valence-electron chi connectivity index (χ2n) is 6.09. The number of carbonyl (C=O) groups excluding carboxylic acids is 2. The van der Waals surface area contributed by atoms with Gasteiger partial charge in [0.05, 0.1) is 6.54 Å². The number of benzene rings is 1. The van der Waals surface area contributed by atoms with Crippen LogP contribution in [0.5, 0.6) is 0 Å². The molecule has 5 heteroatoms. The smallest absolute Gasteiger partial charge is 0.324 e. The van der Waals surface area contributed by atoms with Crippen LogP contribution in [0.1, 0.15) is 24.8 Å². The Balaban J connectivity index is 1.62. The Bertz CT molecular complexity index is 532. The predicted molar refractivity (Wildman–Crippen MR) is 84.5 cm³/mol. The van der Waals surface area contributed by atoms with E-state index in [1.807, 2.05) is 6.07 Å². The van der Waals surface area contributed by atoms with Gasteiger partial charge in [-0.1, -0.05) is 36.8 Å². The summed E-state index contributed by atoms with van der Waals surface area (Å²) in [6.07, 6.45) is 4.44. The summed E-state index contributed by atoms with van der Waals surface area (Å²) in [7, 11) is 0. The van der Waals surface area contributed by atoms with E-state index in [2.05, 4.69) is 34.5 Å². The Hall–Kier alpha value is -1.88. The van der Waals surface area contributed by atoms with Crippen LogP contribution in [0.15, 0.2) is 30.3 Å². The zero-order valence-electron chi connectivity index (χ0n) is 12.8. The van der Waals surface area contributed by atoms with Crippen LogP contribution in [0.2, 0.25) is 0 Å². The molecular weight excluding hydrogens is 278 g/mol.